The van der Waals surface area contributed by atoms with Crippen molar-refractivity contribution >= 4 is 55.3 Å². The van der Waals surface area contributed by atoms with Crippen molar-refractivity contribution in [1.29, 1.82) is 0 Å². The van der Waals surface area contributed by atoms with E-state index in [0.29, 0.717) is 0 Å². The Bertz CT molecular complexity index is 101. The fourth-order valence-corrected chi connectivity index (χ4v) is 9.74. The lowest BCUT2D eigenvalue weighted by Gasteiger charge is -2.19. The summed E-state index contributed by atoms with van der Waals surface area (Å²) in [6.45, 7) is 14.9. The SMILES string of the molecule is C[Si](C)(C)[CH2][Al][CH2][Si](C)(C)C.I. The van der Waals surface area contributed by atoms with Gasteiger partial charge in [0.15, 0.2) is 15.2 Å². The first-order chi connectivity index (χ1) is 4.71. The fraction of sp³-hybridized carbons (Fsp3) is 1.00. The van der Waals surface area contributed by atoms with E-state index in [1.165, 1.54) is 0 Å². The first-order valence-electron chi connectivity index (χ1n) is 4.52. The second-order valence-electron chi connectivity index (χ2n) is 5.82. The summed E-state index contributed by atoms with van der Waals surface area (Å²) in [5.41, 5.74) is 0. The monoisotopic (exact) mass is 329 g/mol. The van der Waals surface area contributed by atoms with Gasteiger partial charge in [0.05, 0.1) is 0 Å². The van der Waals surface area contributed by atoms with Crippen molar-refractivity contribution in [3.63, 3.8) is 0 Å². The molecule has 1 radical (unpaired) electrons. The molecule has 0 fully saturated rings. The number of rotatable bonds is 4. The summed E-state index contributed by atoms with van der Waals surface area (Å²) in [7, 11) is -1.40. The van der Waals surface area contributed by atoms with Gasteiger partial charge in [0, 0.05) is 16.1 Å². The van der Waals surface area contributed by atoms with E-state index in [4.69, 9.17) is 0 Å². The number of halogens is 1. The van der Waals surface area contributed by atoms with Crippen LogP contribution < -0.4 is 0 Å². The van der Waals surface area contributed by atoms with Crippen LogP contribution in [0.5, 0.6) is 0 Å². The molecule has 0 saturated carbocycles. The largest absolute Gasteiger partial charge is 0.193 e. The highest BCUT2D eigenvalue weighted by atomic mass is 127. The van der Waals surface area contributed by atoms with Crippen LogP contribution in [0.3, 0.4) is 0 Å². The molecule has 4 heteroatoms. The summed E-state index contributed by atoms with van der Waals surface area (Å²) >= 11 is 0.792. The Labute approximate surface area is 104 Å². The molecule has 0 heterocycles. The molecule has 0 unspecified atom stereocenters. The lowest BCUT2D eigenvalue weighted by Crippen LogP contribution is -2.28. The van der Waals surface area contributed by atoms with E-state index in [-0.39, 0.29) is 24.0 Å². The molecule has 0 rings (SSSR count). The highest BCUT2D eigenvalue weighted by Gasteiger charge is 2.17. The summed E-state index contributed by atoms with van der Waals surface area (Å²) in [6, 6.07) is 0. The Balaban J connectivity index is 0. The third-order valence-corrected chi connectivity index (χ3v) is 13.6. The third-order valence-electron chi connectivity index (χ3n) is 1.51. The second-order valence-corrected chi connectivity index (χ2v) is 19.9. The molecule has 73 valence electrons. The first-order valence-corrected chi connectivity index (χ1v) is 13.6. The van der Waals surface area contributed by atoms with Crippen LogP contribution >= 0.6 is 24.0 Å². The Morgan fingerprint density at radius 3 is 1.17 bits per heavy atom. The smallest absolute Gasteiger partial charge is 0.108 e. The Morgan fingerprint density at radius 2 is 1.00 bits per heavy atom. The van der Waals surface area contributed by atoms with Crippen LogP contribution in [0.1, 0.15) is 0 Å². The average molecular weight is 329 g/mol. The van der Waals surface area contributed by atoms with Crippen molar-refractivity contribution in [2.24, 2.45) is 0 Å². The molecule has 0 atom stereocenters. The van der Waals surface area contributed by atoms with Crippen LogP contribution in [0.25, 0.3) is 0 Å². The van der Waals surface area contributed by atoms with Gasteiger partial charge >= 0.3 is 0 Å². The van der Waals surface area contributed by atoms with Gasteiger partial charge in [-0.25, -0.2) is 0 Å². The molecule has 0 aliphatic carbocycles. The van der Waals surface area contributed by atoms with Crippen molar-refractivity contribution in [2.45, 2.75) is 49.1 Å². The van der Waals surface area contributed by atoms with Gasteiger partial charge in [0.1, 0.15) is 0 Å². The van der Waals surface area contributed by atoms with Gasteiger partial charge in [0.25, 0.3) is 0 Å². The zero-order valence-electron chi connectivity index (χ0n) is 9.40. The van der Waals surface area contributed by atoms with E-state index >= 15 is 0 Å². The van der Waals surface area contributed by atoms with Gasteiger partial charge in [0.2, 0.25) is 0 Å². The zero-order valence-corrected chi connectivity index (χ0v) is 14.9. The van der Waals surface area contributed by atoms with Gasteiger partial charge in [-0.3, -0.25) is 0 Å². The predicted molar refractivity (Wildman–Crippen MR) is 77.5 cm³/mol. The minimum atomic E-state index is -0.698. The van der Waals surface area contributed by atoms with E-state index in [0.717, 1.165) is 15.2 Å². The molecule has 12 heavy (non-hydrogen) atoms. The molecule has 0 nitrogen and oxygen atoms in total. The van der Waals surface area contributed by atoms with Crippen LogP contribution in [0.4, 0.5) is 0 Å². The molecule has 0 aromatic heterocycles. The molecule has 0 aromatic rings. The summed E-state index contributed by atoms with van der Waals surface area (Å²) in [5.74, 6) is 0. The van der Waals surface area contributed by atoms with Crippen molar-refractivity contribution in [3.05, 3.63) is 0 Å². The van der Waals surface area contributed by atoms with E-state index < -0.39 is 16.1 Å². The minimum Gasteiger partial charge on any atom is -0.108 e. The van der Waals surface area contributed by atoms with Crippen LogP contribution in [-0.2, 0) is 0 Å². The highest BCUT2D eigenvalue weighted by Crippen LogP contribution is 2.12. The normalized spacial score (nSPS) is 12.2. The Hall–Kier alpha value is 1.70. The van der Waals surface area contributed by atoms with Gasteiger partial charge in [-0.2, -0.15) is 0 Å². The van der Waals surface area contributed by atoms with Crippen molar-refractivity contribution in [2.75, 3.05) is 0 Å². The molecule has 0 saturated heterocycles. The van der Waals surface area contributed by atoms with Gasteiger partial charge in [-0.1, -0.05) is 39.3 Å². The van der Waals surface area contributed by atoms with Gasteiger partial charge < -0.3 is 0 Å². The number of hydrogen-bond acceptors (Lipinski definition) is 0. The molecular weight excluding hydrogens is 306 g/mol. The Kier molecular flexibility index (Phi) is 8.38. The second kappa shape index (κ2) is 6.23. The molecule has 0 bridgehead atoms. The quantitative estimate of drug-likeness (QED) is 0.542. The molecule has 0 spiro atoms. The first kappa shape index (κ1) is 16.1. The van der Waals surface area contributed by atoms with Crippen molar-refractivity contribution in [3.8, 4) is 0 Å². The van der Waals surface area contributed by atoms with Crippen LogP contribution in [0.15, 0.2) is 0 Å². The van der Waals surface area contributed by atoms with Crippen LogP contribution in [0, 0.1) is 0 Å². The third kappa shape index (κ3) is 14.2. The van der Waals surface area contributed by atoms with E-state index in [1.54, 1.807) is 9.81 Å². The summed E-state index contributed by atoms with van der Waals surface area (Å²) in [4.78, 5) is 3.22. The van der Waals surface area contributed by atoms with Crippen LogP contribution in [-0.4, -0.2) is 31.4 Å². The van der Waals surface area contributed by atoms with E-state index in [2.05, 4.69) is 39.3 Å². The number of hydrogen-bond donors (Lipinski definition) is 0. The minimum absolute atomic E-state index is 0. The standard InChI is InChI=1S/2C4H11Si.Al.HI/c2*1-5(2,3)4;;/h2*1H2,2-4H3;;1H. The zero-order chi connectivity index (χ0) is 9.12. The van der Waals surface area contributed by atoms with E-state index in [1.807, 2.05) is 0 Å². The maximum atomic E-state index is 2.49. The van der Waals surface area contributed by atoms with Crippen molar-refractivity contribution in [1.82, 2.24) is 0 Å². The maximum absolute atomic E-state index is 2.49. The predicted octanol–water partition coefficient (Wildman–Crippen LogP) is 3.90. The van der Waals surface area contributed by atoms with Gasteiger partial charge in [-0.05, 0) is 0 Å². The Morgan fingerprint density at radius 1 is 0.750 bits per heavy atom. The van der Waals surface area contributed by atoms with Crippen molar-refractivity contribution < 1.29 is 0 Å². The summed E-state index contributed by atoms with van der Waals surface area (Å²) < 4.78 is 0. The molecule has 0 N–H and O–H groups in total. The molecule has 0 amide bonds. The molecule has 0 aliphatic heterocycles. The summed E-state index contributed by atoms with van der Waals surface area (Å²) in [5, 5.41) is 0. The van der Waals surface area contributed by atoms with Crippen LogP contribution in [0.2, 0.25) is 49.1 Å². The summed E-state index contributed by atoms with van der Waals surface area (Å²) in [6.07, 6.45) is 0. The molecule has 0 aliphatic rings. The average Bonchev–Trinajstić information content (AvgIpc) is 1.55. The van der Waals surface area contributed by atoms with Gasteiger partial charge in [-0.15, -0.1) is 33.8 Å². The van der Waals surface area contributed by atoms with E-state index in [9.17, 15) is 0 Å². The molecular formula is C8H23AlISi2. The molecule has 0 aromatic carbocycles. The highest BCUT2D eigenvalue weighted by molar-refractivity contribution is 14.0. The lowest BCUT2D eigenvalue weighted by atomic mass is 11.7. The maximum Gasteiger partial charge on any atom is 0.193 e. The fourth-order valence-electron chi connectivity index (χ4n) is 0.938. The lowest BCUT2D eigenvalue weighted by molar-refractivity contribution is 1.57. The topological polar surface area (TPSA) is 0 Å².